The summed E-state index contributed by atoms with van der Waals surface area (Å²) in [4.78, 5) is 0. The van der Waals surface area contributed by atoms with E-state index >= 15 is 0 Å². The Kier molecular flexibility index (Phi) is 3.37. The minimum Gasteiger partial charge on any atom is -0.308 e. The van der Waals surface area contributed by atoms with Crippen molar-refractivity contribution in [1.82, 2.24) is 4.57 Å². The number of rotatable bonds is 1. The summed E-state index contributed by atoms with van der Waals surface area (Å²) in [7, 11) is 0. The molecule has 0 aliphatic heterocycles. The highest BCUT2D eigenvalue weighted by Crippen LogP contribution is 2.40. The number of aromatic nitrogens is 1. The molecule has 25 heavy (non-hydrogen) atoms. The quantitative estimate of drug-likeness (QED) is 0.274. The summed E-state index contributed by atoms with van der Waals surface area (Å²) in [6.07, 6.45) is 0. The molecule has 0 fully saturated rings. The molecule has 0 aliphatic carbocycles. The topological polar surface area (TPSA) is 4.93 Å². The number of hydrogen-bond acceptors (Lipinski definition) is 0. The van der Waals surface area contributed by atoms with Gasteiger partial charge in [0, 0.05) is 15.2 Å². The van der Waals surface area contributed by atoms with E-state index < -0.39 is 0 Å². The second-order valence-electron chi connectivity index (χ2n) is 6.10. The normalized spacial score (nSPS) is 11.6. The molecule has 5 rings (SSSR count). The van der Waals surface area contributed by atoms with Gasteiger partial charge in [-0.2, -0.15) is 0 Å². The molecule has 0 N–H and O–H groups in total. The Morgan fingerprint density at radius 1 is 0.680 bits per heavy atom. The van der Waals surface area contributed by atoms with Crippen molar-refractivity contribution in [2.24, 2.45) is 0 Å². The third kappa shape index (κ3) is 2.14. The summed E-state index contributed by atoms with van der Waals surface area (Å²) in [5, 5.41) is 5.70. The van der Waals surface area contributed by atoms with Crippen molar-refractivity contribution in [3.8, 4) is 5.69 Å². The van der Waals surface area contributed by atoms with Crippen molar-refractivity contribution in [1.29, 1.82) is 0 Å². The minimum absolute atomic E-state index is 0.745. The van der Waals surface area contributed by atoms with Crippen LogP contribution in [0.25, 0.3) is 38.3 Å². The molecule has 0 saturated heterocycles. The van der Waals surface area contributed by atoms with Crippen LogP contribution in [0.5, 0.6) is 0 Å². The van der Waals surface area contributed by atoms with E-state index in [1.807, 2.05) is 18.2 Å². The number of para-hydroxylation sites is 2. The SMILES string of the molecule is Clc1ccccc1-n1c2ccccc2c2c3ccccc3c(Br)cc21. The lowest BCUT2D eigenvalue weighted by Crippen LogP contribution is -1.94. The molecule has 0 aliphatic rings. The predicted molar refractivity (Wildman–Crippen MR) is 111 cm³/mol. The third-order valence-electron chi connectivity index (χ3n) is 4.72. The Hall–Kier alpha value is -2.29. The second kappa shape index (κ2) is 5.62. The fourth-order valence-corrected chi connectivity index (χ4v) is 4.46. The van der Waals surface area contributed by atoms with Gasteiger partial charge in [0.05, 0.1) is 21.7 Å². The van der Waals surface area contributed by atoms with Crippen molar-refractivity contribution in [2.45, 2.75) is 0 Å². The van der Waals surface area contributed by atoms with E-state index in [-0.39, 0.29) is 0 Å². The van der Waals surface area contributed by atoms with E-state index in [1.54, 1.807) is 0 Å². The van der Waals surface area contributed by atoms with Gasteiger partial charge in [0.2, 0.25) is 0 Å². The maximum atomic E-state index is 6.54. The van der Waals surface area contributed by atoms with Gasteiger partial charge in [-0.15, -0.1) is 0 Å². The predicted octanol–water partition coefficient (Wildman–Crippen LogP) is 7.35. The van der Waals surface area contributed by atoms with E-state index in [4.69, 9.17) is 11.6 Å². The standard InChI is InChI=1S/C22H13BrClN/c23-17-13-21-22(15-8-2-1-7-14(15)17)16-9-3-5-11-19(16)25(21)20-12-6-4-10-18(20)24/h1-13H. The molecule has 5 aromatic rings. The lowest BCUT2D eigenvalue weighted by atomic mass is 10.0. The molecule has 4 aromatic carbocycles. The number of benzene rings is 4. The average Bonchev–Trinajstić information content (AvgIpc) is 2.96. The van der Waals surface area contributed by atoms with Crippen LogP contribution in [0, 0.1) is 0 Å². The third-order valence-corrected chi connectivity index (χ3v) is 5.70. The van der Waals surface area contributed by atoms with Gasteiger partial charge < -0.3 is 4.57 Å². The average molecular weight is 407 g/mol. The Bertz CT molecular complexity index is 1270. The van der Waals surface area contributed by atoms with Crippen LogP contribution in [0.2, 0.25) is 5.02 Å². The van der Waals surface area contributed by atoms with Crippen LogP contribution in [0.3, 0.4) is 0 Å². The van der Waals surface area contributed by atoms with E-state index in [0.717, 1.165) is 26.2 Å². The summed E-state index contributed by atoms with van der Waals surface area (Å²) in [5.74, 6) is 0. The van der Waals surface area contributed by atoms with E-state index in [9.17, 15) is 0 Å². The van der Waals surface area contributed by atoms with Crippen LogP contribution >= 0.6 is 27.5 Å². The highest BCUT2D eigenvalue weighted by atomic mass is 79.9. The van der Waals surface area contributed by atoms with Crippen LogP contribution in [0.4, 0.5) is 0 Å². The summed E-state index contributed by atoms with van der Waals surface area (Å²) in [5.41, 5.74) is 3.31. The molecule has 1 aromatic heterocycles. The zero-order valence-corrected chi connectivity index (χ0v) is 15.6. The van der Waals surface area contributed by atoms with Gasteiger partial charge in [0.25, 0.3) is 0 Å². The van der Waals surface area contributed by atoms with Crippen molar-refractivity contribution in [3.63, 3.8) is 0 Å². The van der Waals surface area contributed by atoms with Crippen LogP contribution < -0.4 is 0 Å². The van der Waals surface area contributed by atoms with Crippen molar-refractivity contribution in [3.05, 3.63) is 88.4 Å². The zero-order valence-electron chi connectivity index (χ0n) is 13.2. The fourth-order valence-electron chi connectivity index (χ4n) is 3.68. The molecule has 120 valence electrons. The Morgan fingerprint density at radius 2 is 1.32 bits per heavy atom. The van der Waals surface area contributed by atoms with E-state index in [1.165, 1.54) is 21.5 Å². The van der Waals surface area contributed by atoms with E-state index in [0.29, 0.717) is 0 Å². The number of hydrogen-bond donors (Lipinski definition) is 0. The number of halogens is 2. The lowest BCUT2D eigenvalue weighted by Gasteiger charge is -2.10. The second-order valence-corrected chi connectivity index (χ2v) is 7.36. The van der Waals surface area contributed by atoms with Gasteiger partial charge in [0.1, 0.15) is 0 Å². The molecule has 1 nitrogen and oxygen atoms in total. The molecule has 0 unspecified atom stereocenters. The van der Waals surface area contributed by atoms with Crippen LogP contribution in [0.1, 0.15) is 0 Å². The maximum absolute atomic E-state index is 6.54. The first kappa shape index (κ1) is 15.0. The molecule has 0 saturated carbocycles. The first-order chi connectivity index (χ1) is 12.3. The van der Waals surface area contributed by atoms with Gasteiger partial charge in [-0.05, 0) is 35.0 Å². The minimum atomic E-state index is 0.745. The summed E-state index contributed by atoms with van der Waals surface area (Å²) in [6, 6.07) is 27.2. The van der Waals surface area contributed by atoms with Gasteiger partial charge in [-0.1, -0.05) is 82.1 Å². The molecular formula is C22H13BrClN. The molecule has 0 amide bonds. The van der Waals surface area contributed by atoms with Crippen molar-refractivity contribution >= 4 is 60.1 Å². The highest BCUT2D eigenvalue weighted by molar-refractivity contribution is 9.10. The fraction of sp³-hybridized carbons (Fsp3) is 0. The van der Waals surface area contributed by atoms with Crippen LogP contribution in [0.15, 0.2) is 83.3 Å². The van der Waals surface area contributed by atoms with Gasteiger partial charge in [0.15, 0.2) is 0 Å². The van der Waals surface area contributed by atoms with Gasteiger partial charge >= 0.3 is 0 Å². The summed E-state index contributed by atoms with van der Waals surface area (Å²) < 4.78 is 3.34. The highest BCUT2D eigenvalue weighted by Gasteiger charge is 2.17. The molecule has 0 radical (unpaired) electrons. The van der Waals surface area contributed by atoms with Gasteiger partial charge in [-0.3, -0.25) is 0 Å². The molecule has 1 heterocycles. The summed E-state index contributed by atoms with van der Waals surface area (Å²) in [6.45, 7) is 0. The van der Waals surface area contributed by atoms with Crippen LogP contribution in [-0.2, 0) is 0 Å². The molecular weight excluding hydrogens is 394 g/mol. The zero-order chi connectivity index (χ0) is 17.0. The molecule has 3 heteroatoms. The van der Waals surface area contributed by atoms with E-state index in [2.05, 4.69) is 81.2 Å². The Labute approximate surface area is 158 Å². The number of nitrogens with zero attached hydrogens (tertiary/aromatic N) is 1. The summed E-state index contributed by atoms with van der Waals surface area (Å²) >= 11 is 10.3. The largest absolute Gasteiger partial charge is 0.308 e. The number of fused-ring (bicyclic) bond motifs is 5. The van der Waals surface area contributed by atoms with Crippen molar-refractivity contribution in [2.75, 3.05) is 0 Å². The van der Waals surface area contributed by atoms with Crippen LogP contribution in [-0.4, -0.2) is 4.57 Å². The smallest absolute Gasteiger partial charge is 0.0648 e. The van der Waals surface area contributed by atoms with Crippen molar-refractivity contribution < 1.29 is 0 Å². The maximum Gasteiger partial charge on any atom is 0.0648 e. The van der Waals surface area contributed by atoms with Gasteiger partial charge in [-0.25, -0.2) is 0 Å². The Morgan fingerprint density at radius 3 is 2.12 bits per heavy atom. The first-order valence-electron chi connectivity index (χ1n) is 8.11. The monoisotopic (exact) mass is 405 g/mol. The molecule has 0 atom stereocenters. The first-order valence-corrected chi connectivity index (χ1v) is 9.28. The Balaban J connectivity index is 2.10. The lowest BCUT2D eigenvalue weighted by molar-refractivity contribution is 1.18. The molecule has 0 bridgehead atoms. The molecule has 0 spiro atoms.